The van der Waals surface area contributed by atoms with Crippen LogP contribution in [0.2, 0.25) is 0 Å². The SMILES string of the molecule is NCc1ccnc(C(=O)NCCc2cc[nH]c2)c1. The Hall–Kier alpha value is -2.14. The molecule has 94 valence electrons. The molecule has 0 aliphatic rings. The van der Waals surface area contributed by atoms with Gasteiger partial charge in [-0.2, -0.15) is 0 Å². The lowest BCUT2D eigenvalue weighted by Gasteiger charge is -2.04. The van der Waals surface area contributed by atoms with Crippen LogP contribution >= 0.6 is 0 Å². The molecule has 2 heterocycles. The molecule has 0 radical (unpaired) electrons. The zero-order chi connectivity index (χ0) is 12.8. The van der Waals surface area contributed by atoms with Crippen LogP contribution < -0.4 is 11.1 Å². The fourth-order valence-electron chi connectivity index (χ4n) is 1.65. The summed E-state index contributed by atoms with van der Waals surface area (Å²) in [6, 6.07) is 5.50. The minimum atomic E-state index is -0.166. The Morgan fingerprint density at radius 2 is 2.28 bits per heavy atom. The average molecular weight is 244 g/mol. The lowest BCUT2D eigenvalue weighted by Crippen LogP contribution is -2.26. The van der Waals surface area contributed by atoms with E-state index in [-0.39, 0.29) is 5.91 Å². The highest BCUT2D eigenvalue weighted by Crippen LogP contribution is 2.01. The van der Waals surface area contributed by atoms with Gasteiger partial charge in [0.2, 0.25) is 0 Å². The number of nitrogens with two attached hydrogens (primary N) is 1. The van der Waals surface area contributed by atoms with E-state index in [1.54, 1.807) is 18.3 Å². The third-order valence-corrected chi connectivity index (χ3v) is 2.65. The van der Waals surface area contributed by atoms with Crippen LogP contribution in [0.25, 0.3) is 0 Å². The lowest BCUT2D eigenvalue weighted by molar-refractivity contribution is 0.0949. The van der Waals surface area contributed by atoms with Crippen LogP contribution in [-0.2, 0) is 13.0 Å². The Morgan fingerprint density at radius 3 is 3.00 bits per heavy atom. The number of pyridine rings is 1. The molecule has 5 nitrogen and oxygen atoms in total. The van der Waals surface area contributed by atoms with Gasteiger partial charge in [0.25, 0.3) is 5.91 Å². The van der Waals surface area contributed by atoms with Gasteiger partial charge in [-0.1, -0.05) is 0 Å². The fourth-order valence-corrected chi connectivity index (χ4v) is 1.65. The van der Waals surface area contributed by atoms with Crippen molar-refractivity contribution in [2.75, 3.05) is 6.54 Å². The van der Waals surface area contributed by atoms with Crippen molar-refractivity contribution in [2.45, 2.75) is 13.0 Å². The van der Waals surface area contributed by atoms with E-state index in [9.17, 15) is 4.79 Å². The molecule has 2 aromatic heterocycles. The third-order valence-electron chi connectivity index (χ3n) is 2.65. The number of nitrogens with one attached hydrogen (secondary N) is 2. The quantitative estimate of drug-likeness (QED) is 0.728. The number of carbonyl (C=O) groups excluding carboxylic acids is 1. The number of hydrogen-bond acceptors (Lipinski definition) is 3. The fraction of sp³-hybridized carbons (Fsp3) is 0.231. The Bertz CT molecular complexity index is 507. The Balaban J connectivity index is 1.87. The average Bonchev–Trinajstić information content (AvgIpc) is 2.92. The van der Waals surface area contributed by atoms with Crippen LogP contribution in [0.5, 0.6) is 0 Å². The first kappa shape index (κ1) is 12.3. The largest absolute Gasteiger partial charge is 0.367 e. The number of amides is 1. The van der Waals surface area contributed by atoms with Crippen molar-refractivity contribution in [2.24, 2.45) is 5.73 Å². The molecule has 2 aromatic rings. The lowest BCUT2D eigenvalue weighted by atomic mass is 10.2. The van der Waals surface area contributed by atoms with Crippen molar-refractivity contribution >= 4 is 5.91 Å². The number of nitrogens with zero attached hydrogens (tertiary/aromatic N) is 1. The summed E-state index contributed by atoms with van der Waals surface area (Å²) in [5.41, 5.74) is 8.00. The van der Waals surface area contributed by atoms with Crippen molar-refractivity contribution < 1.29 is 4.79 Å². The van der Waals surface area contributed by atoms with Crippen LogP contribution in [0.4, 0.5) is 0 Å². The van der Waals surface area contributed by atoms with Crippen molar-refractivity contribution in [3.8, 4) is 0 Å². The minimum Gasteiger partial charge on any atom is -0.367 e. The van der Waals surface area contributed by atoms with Gasteiger partial charge in [0.1, 0.15) is 5.69 Å². The second-order valence-corrected chi connectivity index (χ2v) is 3.98. The first-order valence-electron chi connectivity index (χ1n) is 5.84. The van der Waals surface area contributed by atoms with Crippen molar-refractivity contribution in [3.05, 3.63) is 53.6 Å². The van der Waals surface area contributed by atoms with Gasteiger partial charge in [0.15, 0.2) is 0 Å². The molecule has 0 spiro atoms. The van der Waals surface area contributed by atoms with E-state index < -0.39 is 0 Å². The third kappa shape index (κ3) is 3.18. The molecule has 0 aromatic carbocycles. The molecule has 1 amide bonds. The molecule has 0 saturated heterocycles. The summed E-state index contributed by atoms with van der Waals surface area (Å²) in [6.45, 7) is 0.997. The molecule has 5 heteroatoms. The summed E-state index contributed by atoms with van der Waals surface area (Å²) in [7, 11) is 0. The molecule has 4 N–H and O–H groups in total. The summed E-state index contributed by atoms with van der Waals surface area (Å²) < 4.78 is 0. The Morgan fingerprint density at radius 1 is 1.39 bits per heavy atom. The Kier molecular flexibility index (Phi) is 4.09. The van der Waals surface area contributed by atoms with Gasteiger partial charge in [-0.15, -0.1) is 0 Å². The molecule has 0 aliphatic heterocycles. The summed E-state index contributed by atoms with van der Waals surface area (Å²) in [6.07, 6.45) is 6.18. The second-order valence-electron chi connectivity index (χ2n) is 3.98. The van der Waals surface area contributed by atoms with Gasteiger partial charge in [0.05, 0.1) is 0 Å². The van der Waals surface area contributed by atoms with Gasteiger partial charge in [-0.25, -0.2) is 0 Å². The molecule has 0 atom stereocenters. The molecule has 0 bridgehead atoms. The van der Waals surface area contributed by atoms with Crippen LogP contribution in [0.3, 0.4) is 0 Å². The molecule has 0 aliphatic carbocycles. The summed E-state index contributed by atoms with van der Waals surface area (Å²) in [4.78, 5) is 18.8. The van der Waals surface area contributed by atoms with Gasteiger partial charge in [-0.3, -0.25) is 9.78 Å². The molecule has 0 unspecified atom stereocenters. The first-order valence-corrected chi connectivity index (χ1v) is 5.84. The van der Waals surface area contributed by atoms with E-state index in [0.717, 1.165) is 12.0 Å². The normalized spacial score (nSPS) is 10.3. The number of carbonyl (C=O) groups is 1. The molecular formula is C13H16N4O. The van der Waals surface area contributed by atoms with Crippen molar-refractivity contribution in [1.82, 2.24) is 15.3 Å². The van der Waals surface area contributed by atoms with E-state index in [0.29, 0.717) is 18.8 Å². The topological polar surface area (TPSA) is 83.8 Å². The van der Waals surface area contributed by atoms with Gasteiger partial charge >= 0.3 is 0 Å². The number of aromatic nitrogens is 2. The van der Waals surface area contributed by atoms with E-state index in [1.807, 2.05) is 18.5 Å². The molecule has 0 saturated carbocycles. The van der Waals surface area contributed by atoms with Crippen LogP contribution in [0, 0.1) is 0 Å². The van der Waals surface area contributed by atoms with E-state index in [2.05, 4.69) is 15.3 Å². The van der Waals surface area contributed by atoms with Gasteiger partial charge in [-0.05, 0) is 35.7 Å². The molecule has 0 fully saturated rings. The molecule has 2 rings (SSSR count). The highest BCUT2D eigenvalue weighted by Gasteiger charge is 2.06. The van der Waals surface area contributed by atoms with Crippen LogP contribution in [0.1, 0.15) is 21.6 Å². The maximum atomic E-state index is 11.8. The smallest absolute Gasteiger partial charge is 0.269 e. The van der Waals surface area contributed by atoms with Crippen molar-refractivity contribution in [1.29, 1.82) is 0 Å². The summed E-state index contributed by atoms with van der Waals surface area (Å²) >= 11 is 0. The zero-order valence-corrected chi connectivity index (χ0v) is 10.0. The number of H-pyrrole nitrogens is 1. The zero-order valence-electron chi connectivity index (χ0n) is 10.0. The number of rotatable bonds is 5. The minimum absolute atomic E-state index is 0.166. The number of hydrogen-bond donors (Lipinski definition) is 3. The standard InChI is InChI=1S/C13H16N4O/c14-8-11-3-5-16-12(7-11)13(18)17-6-2-10-1-4-15-9-10/h1,3-5,7,9,15H,2,6,8,14H2,(H,17,18). The predicted octanol–water partition coefficient (Wildman–Crippen LogP) is 0.841. The maximum Gasteiger partial charge on any atom is 0.269 e. The monoisotopic (exact) mass is 244 g/mol. The molecule has 18 heavy (non-hydrogen) atoms. The van der Waals surface area contributed by atoms with E-state index in [4.69, 9.17) is 5.73 Å². The second kappa shape index (κ2) is 5.97. The maximum absolute atomic E-state index is 11.8. The Labute approximate surface area is 105 Å². The molecular weight excluding hydrogens is 228 g/mol. The van der Waals surface area contributed by atoms with E-state index >= 15 is 0 Å². The van der Waals surface area contributed by atoms with Crippen molar-refractivity contribution in [3.63, 3.8) is 0 Å². The van der Waals surface area contributed by atoms with E-state index in [1.165, 1.54) is 5.56 Å². The number of aromatic amines is 1. The first-order chi connectivity index (χ1) is 8.79. The summed E-state index contributed by atoms with van der Waals surface area (Å²) in [5.74, 6) is -0.166. The highest BCUT2D eigenvalue weighted by molar-refractivity contribution is 5.92. The summed E-state index contributed by atoms with van der Waals surface area (Å²) in [5, 5.41) is 2.83. The predicted molar refractivity (Wildman–Crippen MR) is 69.0 cm³/mol. The highest BCUT2D eigenvalue weighted by atomic mass is 16.1. The van der Waals surface area contributed by atoms with Gasteiger partial charge in [0, 0.05) is 31.7 Å². The van der Waals surface area contributed by atoms with Crippen LogP contribution in [-0.4, -0.2) is 22.4 Å². The van der Waals surface area contributed by atoms with Gasteiger partial charge < -0.3 is 16.0 Å². The van der Waals surface area contributed by atoms with Crippen LogP contribution in [0.15, 0.2) is 36.8 Å².